The number of thiophene rings is 1. The molecule has 0 aliphatic heterocycles. The van der Waals surface area contributed by atoms with E-state index in [1.165, 1.54) is 0 Å². The molecule has 5 heteroatoms. The SMILES string of the molecule is CC(CCCO)NC(=O)CSc1cccs1. The standard InChI is InChI=1S/C11H17NO2S2/c1-9(4-2-6-13)12-10(14)8-16-11-5-3-7-15-11/h3,5,7,9,13H,2,4,6,8H2,1H3,(H,12,14). The Morgan fingerprint density at radius 2 is 2.50 bits per heavy atom. The summed E-state index contributed by atoms with van der Waals surface area (Å²) < 4.78 is 1.16. The summed E-state index contributed by atoms with van der Waals surface area (Å²) >= 11 is 3.21. The van der Waals surface area contributed by atoms with Gasteiger partial charge < -0.3 is 10.4 Å². The Balaban J connectivity index is 2.15. The van der Waals surface area contributed by atoms with Crippen LogP contribution in [0.5, 0.6) is 0 Å². The summed E-state index contributed by atoms with van der Waals surface area (Å²) in [7, 11) is 0. The summed E-state index contributed by atoms with van der Waals surface area (Å²) in [5.41, 5.74) is 0. The van der Waals surface area contributed by atoms with Crippen molar-refractivity contribution in [3.63, 3.8) is 0 Å². The normalized spacial score (nSPS) is 12.4. The molecular formula is C11H17NO2S2. The summed E-state index contributed by atoms with van der Waals surface area (Å²) in [5.74, 6) is 0.521. The van der Waals surface area contributed by atoms with Crippen LogP contribution in [0, 0.1) is 0 Å². The number of thioether (sulfide) groups is 1. The second kappa shape index (κ2) is 7.70. The molecule has 1 amide bonds. The lowest BCUT2D eigenvalue weighted by atomic mass is 10.2. The molecular weight excluding hydrogens is 242 g/mol. The van der Waals surface area contributed by atoms with Gasteiger partial charge in [-0.2, -0.15) is 0 Å². The first-order valence-electron chi connectivity index (χ1n) is 5.29. The number of carbonyl (C=O) groups is 1. The molecule has 0 radical (unpaired) electrons. The van der Waals surface area contributed by atoms with E-state index in [9.17, 15) is 4.79 Å². The highest BCUT2D eigenvalue weighted by molar-refractivity contribution is 8.01. The minimum absolute atomic E-state index is 0.0591. The summed E-state index contributed by atoms with van der Waals surface area (Å²) in [5, 5.41) is 13.6. The van der Waals surface area contributed by atoms with Crippen LogP contribution in [-0.4, -0.2) is 29.4 Å². The highest BCUT2D eigenvalue weighted by Crippen LogP contribution is 2.22. The number of rotatable bonds is 7. The zero-order valence-electron chi connectivity index (χ0n) is 9.31. The summed E-state index contributed by atoms with van der Waals surface area (Å²) in [4.78, 5) is 11.5. The third-order valence-corrected chi connectivity index (χ3v) is 4.17. The van der Waals surface area contributed by atoms with Crippen molar-refractivity contribution in [3.8, 4) is 0 Å². The van der Waals surface area contributed by atoms with Crippen molar-refractivity contribution in [1.82, 2.24) is 5.32 Å². The predicted molar refractivity (Wildman–Crippen MR) is 69.0 cm³/mol. The van der Waals surface area contributed by atoms with E-state index in [1.807, 2.05) is 24.4 Å². The van der Waals surface area contributed by atoms with Crippen molar-refractivity contribution in [2.75, 3.05) is 12.4 Å². The Hall–Kier alpha value is -0.520. The van der Waals surface area contributed by atoms with Crippen LogP contribution in [0.3, 0.4) is 0 Å². The predicted octanol–water partition coefficient (Wildman–Crippen LogP) is 2.12. The number of nitrogens with one attached hydrogen (secondary N) is 1. The molecule has 0 aromatic carbocycles. The molecule has 0 saturated carbocycles. The van der Waals surface area contributed by atoms with Gasteiger partial charge >= 0.3 is 0 Å². The highest BCUT2D eigenvalue weighted by atomic mass is 32.2. The lowest BCUT2D eigenvalue weighted by molar-refractivity contribution is -0.119. The fraction of sp³-hybridized carbons (Fsp3) is 0.545. The van der Waals surface area contributed by atoms with Crippen LogP contribution in [0.15, 0.2) is 21.7 Å². The van der Waals surface area contributed by atoms with Crippen LogP contribution < -0.4 is 5.32 Å². The largest absolute Gasteiger partial charge is 0.396 e. The molecule has 0 saturated heterocycles. The van der Waals surface area contributed by atoms with Crippen molar-refractivity contribution in [2.24, 2.45) is 0 Å². The van der Waals surface area contributed by atoms with Gasteiger partial charge in [0, 0.05) is 12.6 Å². The number of aliphatic hydroxyl groups is 1. The first-order chi connectivity index (χ1) is 7.72. The molecule has 90 valence electrons. The summed E-state index contributed by atoms with van der Waals surface area (Å²) in [6.45, 7) is 2.15. The molecule has 0 aliphatic carbocycles. The molecule has 1 heterocycles. The minimum Gasteiger partial charge on any atom is -0.396 e. The Kier molecular flexibility index (Phi) is 6.52. The van der Waals surface area contributed by atoms with E-state index in [2.05, 4.69) is 5.32 Å². The van der Waals surface area contributed by atoms with Crippen molar-refractivity contribution in [3.05, 3.63) is 17.5 Å². The van der Waals surface area contributed by atoms with Gasteiger partial charge in [-0.3, -0.25) is 4.79 Å². The van der Waals surface area contributed by atoms with E-state index in [1.54, 1.807) is 23.1 Å². The lowest BCUT2D eigenvalue weighted by Gasteiger charge is -2.12. The van der Waals surface area contributed by atoms with Crippen molar-refractivity contribution in [1.29, 1.82) is 0 Å². The zero-order valence-corrected chi connectivity index (χ0v) is 10.9. The second-order valence-corrected chi connectivity index (χ2v) is 5.78. The molecule has 1 unspecified atom stereocenters. The van der Waals surface area contributed by atoms with E-state index in [4.69, 9.17) is 5.11 Å². The first kappa shape index (κ1) is 13.5. The minimum atomic E-state index is 0.0591. The molecule has 0 spiro atoms. The second-order valence-electron chi connectivity index (χ2n) is 3.56. The Morgan fingerprint density at radius 3 is 3.12 bits per heavy atom. The number of aliphatic hydroxyl groups excluding tert-OH is 1. The molecule has 1 aromatic heterocycles. The molecule has 2 N–H and O–H groups in total. The molecule has 1 atom stereocenters. The van der Waals surface area contributed by atoms with Crippen molar-refractivity contribution < 1.29 is 9.90 Å². The van der Waals surface area contributed by atoms with Crippen LogP contribution in [0.1, 0.15) is 19.8 Å². The van der Waals surface area contributed by atoms with Gasteiger partial charge in [0.15, 0.2) is 0 Å². The zero-order chi connectivity index (χ0) is 11.8. The van der Waals surface area contributed by atoms with Gasteiger partial charge in [0.1, 0.15) is 0 Å². The maximum Gasteiger partial charge on any atom is 0.230 e. The molecule has 1 aromatic rings. The monoisotopic (exact) mass is 259 g/mol. The van der Waals surface area contributed by atoms with Crippen LogP contribution in [-0.2, 0) is 4.79 Å². The van der Waals surface area contributed by atoms with Gasteiger partial charge in [-0.05, 0) is 31.2 Å². The molecule has 0 bridgehead atoms. The summed E-state index contributed by atoms with van der Waals surface area (Å²) in [6.07, 6.45) is 1.56. The van der Waals surface area contributed by atoms with Crippen LogP contribution in [0.4, 0.5) is 0 Å². The quantitative estimate of drug-likeness (QED) is 0.737. The molecule has 3 nitrogen and oxygen atoms in total. The fourth-order valence-electron chi connectivity index (χ4n) is 1.27. The summed E-state index contributed by atoms with van der Waals surface area (Å²) in [6, 6.07) is 4.13. The Morgan fingerprint density at radius 1 is 1.69 bits per heavy atom. The van der Waals surface area contributed by atoms with Gasteiger partial charge in [-0.25, -0.2) is 0 Å². The number of hydrogen-bond donors (Lipinski definition) is 2. The van der Waals surface area contributed by atoms with E-state index in [0.717, 1.165) is 17.1 Å². The van der Waals surface area contributed by atoms with Gasteiger partial charge in [-0.1, -0.05) is 6.07 Å². The van der Waals surface area contributed by atoms with E-state index >= 15 is 0 Å². The third-order valence-electron chi connectivity index (χ3n) is 2.04. The smallest absolute Gasteiger partial charge is 0.230 e. The Bertz CT molecular complexity index is 301. The number of carbonyl (C=O) groups excluding carboxylic acids is 1. The third kappa shape index (κ3) is 5.53. The average molecular weight is 259 g/mol. The maximum atomic E-state index is 11.5. The topological polar surface area (TPSA) is 49.3 Å². The number of amides is 1. The maximum absolute atomic E-state index is 11.5. The van der Waals surface area contributed by atoms with Crippen LogP contribution >= 0.6 is 23.1 Å². The first-order valence-corrected chi connectivity index (χ1v) is 7.15. The fourth-order valence-corrected chi connectivity index (χ4v) is 2.86. The molecule has 0 aliphatic rings. The van der Waals surface area contributed by atoms with Crippen LogP contribution in [0.25, 0.3) is 0 Å². The van der Waals surface area contributed by atoms with Crippen LogP contribution in [0.2, 0.25) is 0 Å². The highest BCUT2D eigenvalue weighted by Gasteiger charge is 2.07. The molecule has 1 rings (SSSR count). The van der Waals surface area contributed by atoms with E-state index in [-0.39, 0.29) is 18.6 Å². The van der Waals surface area contributed by atoms with Gasteiger partial charge in [0.05, 0.1) is 9.96 Å². The van der Waals surface area contributed by atoms with Gasteiger partial charge in [-0.15, -0.1) is 23.1 Å². The van der Waals surface area contributed by atoms with Crippen molar-refractivity contribution in [2.45, 2.75) is 30.0 Å². The van der Waals surface area contributed by atoms with Crippen molar-refractivity contribution >= 4 is 29.0 Å². The average Bonchev–Trinajstić information content (AvgIpc) is 2.76. The van der Waals surface area contributed by atoms with Gasteiger partial charge in [0.2, 0.25) is 5.91 Å². The van der Waals surface area contributed by atoms with Gasteiger partial charge in [0.25, 0.3) is 0 Å². The van der Waals surface area contributed by atoms with E-state index < -0.39 is 0 Å². The number of hydrogen-bond acceptors (Lipinski definition) is 4. The molecule has 0 fully saturated rings. The lowest BCUT2D eigenvalue weighted by Crippen LogP contribution is -2.33. The molecule has 16 heavy (non-hydrogen) atoms. The Labute approximate surface area is 104 Å². The van der Waals surface area contributed by atoms with E-state index in [0.29, 0.717) is 5.75 Å².